The van der Waals surface area contributed by atoms with Gasteiger partial charge in [-0.3, -0.25) is 4.68 Å². The number of nitrogens with one attached hydrogen (secondary N) is 1. The lowest BCUT2D eigenvalue weighted by Gasteiger charge is -2.21. The first kappa shape index (κ1) is 12.2. The second-order valence-electron chi connectivity index (χ2n) is 4.39. The van der Waals surface area contributed by atoms with Gasteiger partial charge in [0.1, 0.15) is 0 Å². The highest BCUT2D eigenvalue weighted by molar-refractivity contribution is 5.09. The predicted molar refractivity (Wildman–Crippen MR) is 64.0 cm³/mol. The molecule has 1 aromatic rings. The summed E-state index contributed by atoms with van der Waals surface area (Å²) in [4.78, 5) is 0. The average Bonchev–Trinajstić information content (AvgIpc) is 2.47. The fraction of sp³-hybridized carbons (Fsp3) is 0.750. The van der Waals surface area contributed by atoms with E-state index in [2.05, 4.69) is 30.3 Å². The Kier molecular flexibility index (Phi) is 4.33. The van der Waals surface area contributed by atoms with Gasteiger partial charge < -0.3 is 5.32 Å². The zero-order chi connectivity index (χ0) is 11.4. The number of aryl methyl sites for hydroxylation is 2. The van der Waals surface area contributed by atoms with Crippen molar-refractivity contribution in [1.82, 2.24) is 15.1 Å². The molecule has 3 nitrogen and oxygen atoms in total. The summed E-state index contributed by atoms with van der Waals surface area (Å²) in [5.41, 5.74) is 2.44. The second kappa shape index (κ2) is 5.31. The Morgan fingerprint density at radius 3 is 2.60 bits per heavy atom. The van der Waals surface area contributed by atoms with Gasteiger partial charge in [0, 0.05) is 18.8 Å². The molecule has 1 aromatic heterocycles. The third-order valence-electron chi connectivity index (χ3n) is 3.13. The lowest BCUT2D eigenvalue weighted by atomic mass is 9.94. The van der Waals surface area contributed by atoms with E-state index in [1.165, 1.54) is 12.1 Å². The Balaban J connectivity index is 2.64. The van der Waals surface area contributed by atoms with Gasteiger partial charge >= 0.3 is 0 Å². The van der Waals surface area contributed by atoms with Crippen LogP contribution in [0.15, 0.2) is 6.07 Å². The minimum Gasteiger partial charge on any atom is -0.317 e. The van der Waals surface area contributed by atoms with Crippen molar-refractivity contribution in [2.24, 2.45) is 13.0 Å². The first-order valence-corrected chi connectivity index (χ1v) is 5.75. The van der Waals surface area contributed by atoms with Crippen molar-refractivity contribution >= 4 is 0 Å². The summed E-state index contributed by atoms with van der Waals surface area (Å²) >= 11 is 0. The van der Waals surface area contributed by atoms with Crippen LogP contribution in [0.5, 0.6) is 0 Å². The van der Waals surface area contributed by atoms with Crippen LogP contribution < -0.4 is 5.32 Å². The maximum Gasteiger partial charge on any atom is 0.0596 e. The minimum absolute atomic E-state index is 0.597. The highest BCUT2D eigenvalue weighted by Gasteiger charge is 2.15. The number of nitrogens with zero attached hydrogens (tertiary/aromatic N) is 2. The molecule has 0 saturated carbocycles. The molecule has 1 heterocycles. The van der Waals surface area contributed by atoms with Crippen molar-refractivity contribution < 1.29 is 0 Å². The minimum atomic E-state index is 0.597. The number of hydrogen-bond donors (Lipinski definition) is 1. The molecule has 0 aromatic carbocycles. The van der Waals surface area contributed by atoms with Gasteiger partial charge in [0.2, 0.25) is 0 Å². The summed E-state index contributed by atoms with van der Waals surface area (Å²) in [6.45, 7) is 6.57. The molecule has 0 fully saturated rings. The molecular formula is C12H23N3. The molecule has 2 atom stereocenters. The van der Waals surface area contributed by atoms with Gasteiger partial charge in [-0.25, -0.2) is 0 Å². The van der Waals surface area contributed by atoms with Crippen molar-refractivity contribution in [1.29, 1.82) is 0 Å². The Hall–Kier alpha value is -0.830. The van der Waals surface area contributed by atoms with Crippen LogP contribution in [0.3, 0.4) is 0 Å². The van der Waals surface area contributed by atoms with Gasteiger partial charge in [0.05, 0.1) is 5.69 Å². The predicted octanol–water partition coefficient (Wildman–Crippen LogP) is 1.91. The largest absolute Gasteiger partial charge is 0.317 e. The Morgan fingerprint density at radius 1 is 1.53 bits per heavy atom. The molecular weight excluding hydrogens is 186 g/mol. The van der Waals surface area contributed by atoms with Gasteiger partial charge in [-0.15, -0.1) is 0 Å². The molecule has 0 saturated heterocycles. The normalized spacial score (nSPS) is 15.3. The van der Waals surface area contributed by atoms with Gasteiger partial charge in [0.15, 0.2) is 0 Å². The molecule has 0 aliphatic rings. The van der Waals surface area contributed by atoms with Crippen LogP contribution >= 0.6 is 0 Å². The maximum absolute atomic E-state index is 4.37. The van der Waals surface area contributed by atoms with Crippen molar-refractivity contribution in [3.8, 4) is 0 Å². The first-order chi connectivity index (χ1) is 7.08. The van der Waals surface area contributed by atoms with Gasteiger partial charge in [-0.1, -0.05) is 13.8 Å². The van der Waals surface area contributed by atoms with E-state index in [9.17, 15) is 0 Å². The Morgan fingerprint density at radius 2 is 2.20 bits per heavy atom. The van der Waals surface area contributed by atoms with E-state index in [1.54, 1.807) is 0 Å². The Bertz CT molecular complexity index is 300. The molecule has 1 rings (SSSR count). The van der Waals surface area contributed by atoms with E-state index in [0.717, 1.165) is 12.1 Å². The summed E-state index contributed by atoms with van der Waals surface area (Å²) in [5, 5.41) is 7.74. The third-order valence-corrected chi connectivity index (χ3v) is 3.13. The fourth-order valence-electron chi connectivity index (χ4n) is 2.22. The molecule has 0 aliphatic carbocycles. The van der Waals surface area contributed by atoms with Crippen molar-refractivity contribution in [2.75, 3.05) is 7.05 Å². The Labute approximate surface area is 92.9 Å². The molecule has 0 amide bonds. The molecule has 15 heavy (non-hydrogen) atoms. The summed E-state index contributed by atoms with van der Waals surface area (Å²) in [5.74, 6) is 0.648. The first-order valence-electron chi connectivity index (χ1n) is 5.75. The van der Waals surface area contributed by atoms with Gasteiger partial charge in [0.25, 0.3) is 0 Å². The highest BCUT2D eigenvalue weighted by Crippen LogP contribution is 2.14. The van der Waals surface area contributed by atoms with E-state index < -0.39 is 0 Å². The quantitative estimate of drug-likeness (QED) is 0.802. The van der Waals surface area contributed by atoms with Crippen LogP contribution in [0.1, 0.15) is 31.7 Å². The van der Waals surface area contributed by atoms with Crippen LogP contribution in [0, 0.1) is 12.8 Å². The molecule has 0 bridgehead atoms. The molecule has 86 valence electrons. The summed E-state index contributed by atoms with van der Waals surface area (Å²) in [7, 11) is 4.06. The van der Waals surface area contributed by atoms with Crippen molar-refractivity contribution in [3.05, 3.63) is 17.5 Å². The number of hydrogen-bond acceptors (Lipinski definition) is 2. The maximum atomic E-state index is 4.37. The molecule has 1 N–H and O–H groups in total. The zero-order valence-corrected chi connectivity index (χ0v) is 10.5. The van der Waals surface area contributed by atoms with E-state index in [0.29, 0.717) is 12.0 Å². The van der Waals surface area contributed by atoms with E-state index in [1.807, 2.05) is 25.7 Å². The lowest BCUT2D eigenvalue weighted by molar-refractivity contribution is 0.380. The number of rotatable bonds is 5. The van der Waals surface area contributed by atoms with E-state index in [4.69, 9.17) is 0 Å². The van der Waals surface area contributed by atoms with Crippen LogP contribution in [0.4, 0.5) is 0 Å². The lowest BCUT2D eigenvalue weighted by Crippen LogP contribution is -2.32. The van der Waals surface area contributed by atoms with Gasteiger partial charge in [-0.2, -0.15) is 5.10 Å². The second-order valence-corrected chi connectivity index (χ2v) is 4.39. The third kappa shape index (κ3) is 3.06. The monoisotopic (exact) mass is 209 g/mol. The fourth-order valence-corrected chi connectivity index (χ4v) is 2.22. The molecule has 2 unspecified atom stereocenters. The smallest absolute Gasteiger partial charge is 0.0596 e. The zero-order valence-electron chi connectivity index (χ0n) is 10.5. The highest BCUT2D eigenvalue weighted by atomic mass is 15.3. The molecule has 0 aliphatic heterocycles. The van der Waals surface area contributed by atoms with Crippen molar-refractivity contribution in [3.63, 3.8) is 0 Å². The summed E-state index contributed by atoms with van der Waals surface area (Å²) < 4.78 is 1.99. The number of aromatic nitrogens is 2. The molecule has 3 heteroatoms. The topological polar surface area (TPSA) is 29.9 Å². The summed E-state index contributed by atoms with van der Waals surface area (Å²) in [6.07, 6.45) is 2.27. The van der Waals surface area contributed by atoms with E-state index >= 15 is 0 Å². The summed E-state index contributed by atoms with van der Waals surface area (Å²) in [6, 6.07) is 2.78. The van der Waals surface area contributed by atoms with E-state index in [-0.39, 0.29) is 0 Å². The van der Waals surface area contributed by atoms with Gasteiger partial charge in [-0.05, 0) is 38.8 Å². The van der Waals surface area contributed by atoms with Crippen LogP contribution in [0.25, 0.3) is 0 Å². The van der Waals surface area contributed by atoms with Crippen LogP contribution in [-0.2, 0) is 13.5 Å². The van der Waals surface area contributed by atoms with Crippen molar-refractivity contribution in [2.45, 2.75) is 39.7 Å². The molecule has 0 radical (unpaired) electrons. The van der Waals surface area contributed by atoms with Crippen LogP contribution in [0.2, 0.25) is 0 Å². The standard InChI is InChI=1S/C12H23N3/c1-6-12(13-4)9(2)7-11-8-10(3)14-15(11)5/h8-9,12-13H,6-7H2,1-5H3. The average molecular weight is 209 g/mol. The van der Waals surface area contributed by atoms with Crippen LogP contribution in [-0.4, -0.2) is 22.9 Å². The molecule has 0 spiro atoms. The SMILES string of the molecule is CCC(NC)C(C)Cc1cc(C)nn1C.